The van der Waals surface area contributed by atoms with E-state index in [0.717, 1.165) is 6.92 Å². The number of hydrogen-bond acceptors (Lipinski definition) is 5. The van der Waals surface area contributed by atoms with Crippen molar-refractivity contribution < 1.29 is 37.1 Å². The van der Waals surface area contributed by atoms with E-state index in [9.17, 15) is 32.3 Å². The number of rotatable bonds is 5. The van der Waals surface area contributed by atoms with Crippen LogP contribution >= 0.6 is 11.6 Å². The third-order valence-corrected chi connectivity index (χ3v) is 4.79. The van der Waals surface area contributed by atoms with Crippen molar-refractivity contribution in [2.45, 2.75) is 19.2 Å². The number of imide groups is 1. The van der Waals surface area contributed by atoms with Crippen LogP contribution in [0.25, 0.3) is 0 Å². The molecule has 0 fully saturated rings. The Kier molecular flexibility index (Phi) is 6.03. The van der Waals surface area contributed by atoms with Gasteiger partial charge in [-0.1, -0.05) is 41.9 Å². The van der Waals surface area contributed by atoms with E-state index < -0.39 is 42.5 Å². The van der Waals surface area contributed by atoms with Crippen molar-refractivity contribution in [2.75, 3.05) is 6.54 Å². The summed E-state index contributed by atoms with van der Waals surface area (Å²) < 4.78 is 43.0. The summed E-state index contributed by atoms with van der Waals surface area (Å²) in [6.45, 7) is 0.255. The molecule has 7 nitrogen and oxygen atoms in total. The van der Waals surface area contributed by atoms with Crippen LogP contribution in [-0.4, -0.2) is 46.4 Å². The Hall–Kier alpha value is -3.40. The lowest BCUT2D eigenvalue weighted by atomic mass is 10.1. The van der Waals surface area contributed by atoms with E-state index >= 15 is 0 Å². The molecule has 0 N–H and O–H groups in total. The number of hydrazine groups is 1. The summed E-state index contributed by atoms with van der Waals surface area (Å²) in [4.78, 5) is 49.2. The third-order valence-electron chi connectivity index (χ3n) is 4.45. The fourth-order valence-electron chi connectivity index (χ4n) is 3.04. The van der Waals surface area contributed by atoms with Crippen LogP contribution in [0.15, 0.2) is 48.5 Å². The van der Waals surface area contributed by atoms with Crippen molar-refractivity contribution in [3.63, 3.8) is 0 Å². The number of benzene rings is 2. The van der Waals surface area contributed by atoms with Crippen LogP contribution in [0, 0.1) is 0 Å². The molecule has 1 atom stereocenters. The Labute approximate surface area is 178 Å². The van der Waals surface area contributed by atoms with Crippen molar-refractivity contribution in [3.8, 4) is 0 Å². The molecule has 1 aliphatic rings. The zero-order valence-corrected chi connectivity index (χ0v) is 16.6. The van der Waals surface area contributed by atoms with Crippen LogP contribution in [-0.2, 0) is 14.3 Å². The molecule has 0 aromatic heterocycles. The number of carbonyl (C=O) groups excluding carboxylic acids is 4. The molecule has 2 aromatic rings. The molecule has 0 bridgehead atoms. The maximum atomic E-state index is 12.8. The topological polar surface area (TPSA) is 84.0 Å². The van der Waals surface area contributed by atoms with E-state index in [4.69, 9.17) is 11.6 Å². The number of alkyl halides is 3. The van der Waals surface area contributed by atoms with Gasteiger partial charge in [-0.05, 0) is 18.2 Å². The maximum Gasteiger partial charge on any atom is 0.490 e. The Balaban J connectivity index is 1.99. The molecule has 2 aromatic carbocycles. The summed E-state index contributed by atoms with van der Waals surface area (Å²) in [5.41, 5.74) is 0.0188. The number of hydrogen-bond donors (Lipinski definition) is 0. The molecule has 3 amide bonds. The van der Waals surface area contributed by atoms with Crippen molar-refractivity contribution in [3.05, 3.63) is 70.2 Å². The summed E-state index contributed by atoms with van der Waals surface area (Å²) >= 11 is 6.05. The fourth-order valence-corrected chi connectivity index (χ4v) is 3.29. The third kappa shape index (κ3) is 4.38. The van der Waals surface area contributed by atoms with E-state index in [1.807, 2.05) is 0 Å². The zero-order valence-electron chi connectivity index (χ0n) is 15.9. The lowest BCUT2D eigenvalue weighted by Gasteiger charge is -2.32. The van der Waals surface area contributed by atoms with Crippen molar-refractivity contribution in [1.82, 2.24) is 10.0 Å². The average Bonchev–Trinajstić information content (AvgIpc) is 2.95. The Morgan fingerprint density at radius 2 is 1.55 bits per heavy atom. The molecule has 0 spiro atoms. The van der Waals surface area contributed by atoms with Gasteiger partial charge in [-0.25, -0.2) is 9.80 Å². The first-order chi connectivity index (χ1) is 14.5. The van der Waals surface area contributed by atoms with Gasteiger partial charge in [0.15, 0.2) is 0 Å². The van der Waals surface area contributed by atoms with Gasteiger partial charge >= 0.3 is 12.1 Å². The lowest BCUT2D eigenvalue weighted by Crippen LogP contribution is -2.51. The second kappa shape index (κ2) is 8.38. The van der Waals surface area contributed by atoms with Gasteiger partial charge in [-0.15, -0.1) is 0 Å². The normalized spacial score (nSPS) is 14.3. The highest BCUT2D eigenvalue weighted by molar-refractivity contribution is 6.31. The number of carbonyl (C=O) groups is 4. The van der Waals surface area contributed by atoms with E-state index in [0.29, 0.717) is 10.0 Å². The van der Waals surface area contributed by atoms with Crippen molar-refractivity contribution in [2.24, 2.45) is 0 Å². The number of fused-ring (bicyclic) bond motifs is 1. The molecule has 1 unspecified atom stereocenters. The molecular formula is C20H14ClF3N2O5. The fraction of sp³-hybridized carbons (Fsp3) is 0.200. The standard InChI is InChI=1S/C20H14ClF3N2O5/c1-11(27)25(26-17(28)12-6-2-3-7-13(12)18(26)29)10-16(31-19(30)20(22,23)24)14-8-4-5-9-15(14)21/h2-9,16H,10H2,1H3. The van der Waals surface area contributed by atoms with Crippen LogP contribution < -0.4 is 0 Å². The first-order valence-electron chi connectivity index (χ1n) is 8.80. The number of halogens is 4. The van der Waals surface area contributed by atoms with Crippen LogP contribution in [0.4, 0.5) is 13.2 Å². The van der Waals surface area contributed by atoms with E-state index in [2.05, 4.69) is 4.74 Å². The molecule has 3 rings (SSSR count). The van der Waals surface area contributed by atoms with Crippen LogP contribution in [0.3, 0.4) is 0 Å². The highest BCUT2D eigenvalue weighted by Crippen LogP contribution is 2.31. The van der Waals surface area contributed by atoms with Gasteiger partial charge in [0, 0.05) is 17.5 Å². The van der Waals surface area contributed by atoms with Gasteiger partial charge < -0.3 is 4.74 Å². The minimum atomic E-state index is -5.31. The maximum absolute atomic E-state index is 12.8. The lowest BCUT2D eigenvalue weighted by molar-refractivity contribution is -0.207. The van der Waals surface area contributed by atoms with Gasteiger partial charge in [0.2, 0.25) is 5.91 Å². The minimum absolute atomic E-state index is 0.0281. The summed E-state index contributed by atoms with van der Waals surface area (Å²) in [7, 11) is 0. The molecule has 162 valence electrons. The first kappa shape index (κ1) is 22.3. The molecular weight excluding hydrogens is 441 g/mol. The summed E-state index contributed by atoms with van der Waals surface area (Å²) in [6, 6.07) is 11.4. The predicted molar refractivity (Wildman–Crippen MR) is 101 cm³/mol. The molecule has 0 saturated carbocycles. The highest BCUT2D eigenvalue weighted by atomic mass is 35.5. The zero-order chi connectivity index (χ0) is 22.9. The molecule has 0 radical (unpaired) electrons. The van der Waals surface area contributed by atoms with Gasteiger partial charge in [0.1, 0.15) is 6.10 Å². The van der Waals surface area contributed by atoms with Crippen LogP contribution in [0.2, 0.25) is 5.02 Å². The monoisotopic (exact) mass is 454 g/mol. The van der Waals surface area contributed by atoms with E-state index in [1.54, 1.807) is 0 Å². The molecule has 11 heteroatoms. The Morgan fingerprint density at radius 1 is 1.03 bits per heavy atom. The minimum Gasteiger partial charge on any atom is -0.449 e. The average molecular weight is 455 g/mol. The number of ether oxygens (including phenoxy) is 1. The summed E-state index contributed by atoms with van der Waals surface area (Å²) in [5.74, 6) is -5.02. The molecule has 1 aliphatic heterocycles. The van der Waals surface area contributed by atoms with E-state index in [1.165, 1.54) is 48.5 Å². The molecule has 1 heterocycles. The van der Waals surface area contributed by atoms with Crippen molar-refractivity contribution >= 4 is 35.3 Å². The number of amides is 3. The van der Waals surface area contributed by atoms with Gasteiger partial charge in [0.05, 0.1) is 17.7 Å². The Bertz CT molecular complexity index is 1040. The highest BCUT2D eigenvalue weighted by Gasteiger charge is 2.45. The molecule has 0 aliphatic carbocycles. The van der Waals surface area contributed by atoms with Crippen molar-refractivity contribution in [1.29, 1.82) is 0 Å². The van der Waals surface area contributed by atoms with Gasteiger partial charge in [-0.3, -0.25) is 14.4 Å². The smallest absolute Gasteiger partial charge is 0.449 e. The van der Waals surface area contributed by atoms with Crippen LogP contribution in [0.5, 0.6) is 0 Å². The Morgan fingerprint density at radius 3 is 2.03 bits per heavy atom. The first-order valence-corrected chi connectivity index (χ1v) is 9.18. The van der Waals surface area contributed by atoms with Crippen LogP contribution in [0.1, 0.15) is 39.3 Å². The number of nitrogens with zero attached hydrogens (tertiary/aromatic N) is 2. The second-order valence-corrected chi connectivity index (χ2v) is 6.89. The van der Waals surface area contributed by atoms with E-state index in [-0.39, 0.29) is 21.7 Å². The largest absolute Gasteiger partial charge is 0.490 e. The quantitative estimate of drug-likeness (QED) is 0.509. The predicted octanol–water partition coefficient (Wildman–Crippen LogP) is 3.55. The summed E-state index contributed by atoms with van der Waals surface area (Å²) in [6.07, 6.45) is -7.02. The SMILES string of the molecule is CC(=O)N(CC(OC(=O)C(F)(F)F)c1ccccc1Cl)N1C(=O)c2ccccc2C1=O. The molecule has 31 heavy (non-hydrogen) atoms. The second-order valence-electron chi connectivity index (χ2n) is 6.48. The summed E-state index contributed by atoms with van der Waals surface area (Å²) in [5, 5.41) is 1.11. The van der Waals surface area contributed by atoms with Gasteiger partial charge in [0.25, 0.3) is 11.8 Å². The number of esters is 1. The molecule has 0 saturated heterocycles. The van der Waals surface area contributed by atoms with Gasteiger partial charge in [-0.2, -0.15) is 18.2 Å².